The van der Waals surface area contributed by atoms with Crippen LogP contribution in [-0.4, -0.2) is 42.3 Å². The van der Waals surface area contributed by atoms with Gasteiger partial charge in [-0.3, -0.25) is 5.10 Å². The van der Waals surface area contributed by atoms with Crippen LogP contribution < -0.4 is 5.32 Å². The van der Waals surface area contributed by atoms with Crippen LogP contribution in [-0.2, 0) is 0 Å². The smallest absolute Gasteiger partial charge is 0.155 e. The number of hydrogen-bond acceptors (Lipinski definition) is 3. The second-order valence-corrected chi connectivity index (χ2v) is 3.85. The minimum absolute atomic E-state index is 0.905. The summed E-state index contributed by atoms with van der Waals surface area (Å²) in [5, 5.41) is 11.7. The maximum atomic E-state index is 4.24. The largest absolute Gasteiger partial charge is 0.367 e. The first kappa shape index (κ1) is 9.98. The van der Waals surface area contributed by atoms with Gasteiger partial charge in [0, 0.05) is 18.5 Å². The molecule has 4 nitrogen and oxygen atoms in total. The molecule has 0 aliphatic heterocycles. The molecular formula is C11H16N4. The van der Waals surface area contributed by atoms with Gasteiger partial charge in [0.25, 0.3) is 0 Å². The molecule has 0 radical (unpaired) electrons. The van der Waals surface area contributed by atoms with Crippen LogP contribution >= 0.6 is 0 Å². The van der Waals surface area contributed by atoms with Crippen molar-refractivity contribution in [2.45, 2.75) is 0 Å². The minimum Gasteiger partial charge on any atom is -0.367 e. The Morgan fingerprint density at radius 1 is 1.33 bits per heavy atom. The molecule has 0 fully saturated rings. The number of H-pyrrole nitrogens is 1. The molecule has 0 amide bonds. The van der Waals surface area contributed by atoms with Crippen LogP contribution in [0.4, 0.5) is 5.82 Å². The lowest BCUT2D eigenvalue weighted by atomic mass is 10.2. The monoisotopic (exact) mass is 204 g/mol. The molecule has 1 heterocycles. The van der Waals surface area contributed by atoms with E-state index in [1.54, 1.807) is 0 Å². The Kier molecular flexibility index (Phi) is 2.87. The fraction of sp³-hybridized carbons (Fsp3) is 0.364. The molecule has 4 heteroatoms. The van der Waals surface area contributed by atoms with Gasteiger partial charge in [0.2, 0.25) is 0 Å². The Labute approximate surface area is 89.3 Å². The van der Waals surface area contributed by atoms with E-state index in [-0.39, 0.29) is 0 Å². The van der Waals surface area contributed by atoms with Gasteiger partial charge in [-0.1, -0.05) is 12.1 Å². The van der Waals surface area contributed by atoms with E-state index in [4.69, 9.17) is 0 Å². The molecule has 2 N–H and O–H groups in total. The summed E-state index contributed by atoms with van der Waals surface area (Å²) in [7, 11) is 4.12. The fourth-order valence-electron chi connectivity index (χ4n) is 1.50. The summed E-state index contributed by atoms with van der Waals surface area (Å²) in [6.45, 7) is 1.91. The van der Waals surface area contributed by atoms with E-state index in [1.165, 1.54) is 0 Å². The van der Waals surface area contributed by atoms with Crippen molar-refractivity contribution >= 4 is 16.7 Å². The van der Waals surface area contributed by atoms with Crippen molar-refractivity contribution in [1.29, 1.82) is 0 Å². The molecule has 2 aromatic rings. The first-order valence-electron chi connectivity index (χ1n) is 5.09. The fourth-order valence-corrected chi connectivity index (χ4v) is 1.50. The molecule has 15 heavy (non-hydrogen) atoms. The number of aromatic nitrogens is 2. The SMILES string of the molecule is CN(C)CCNc1n[nH]c2ccccc12. The zero-order chi connectivity index (χ0) is 10.7. The first-order chi connectivity index (χ1) is 7.27. The number of nitrogens with one attached hydrogen (secondary N) is 2. The third-order valence-corrected chi connectivity index (χ3v) is 2.32. The van der Waals surface area contributed by atoms with Crippen LogP contribution in [0, 0.1) is 0 Å². The molecule has 2 rings (SSSR count). The number of rotatable bonds is 4. The molecule has 80 valence electrons. The van der Waals surface area contributed by atoms with E-state index in [2.05, 4.69) is 40.6 Å². The molecule has 0 aliphatic carbocycles. The predicted molar refractivity (Wildman–Crippen MR) is 63.1 cm³/mol. The average molecular weight is 204 g/mol. The molecule has 0 aliphatic rings. The molecule has 0 atom stereocenters. The number of nitrogens with zero attached hydrogens (tertiary/aromatic N) is 2. The van der Waals surface area contributed by atoms with Crippen molar-refractivity contribution in [3.05, 3.63) is 24.3 Å². The second kappa shape index (κ2) is 4.31. The van der Waals surface area contributed by atoms with Crippen LogP contribution in [0.1, 0.15) is 0 Å². The highest BCUT2D eigenvalue weighted by Crippen LogP contribution is 2.18. The van der Waals surface area contributed by atoms with Crippen LogP contribution in [0.5, 0.6) is 0 Å². The van der Waals surface area contributed by atoms with Crippen molar-refractivity contribution < 1.29 is 0 Å². The zero-order valence-electron chi connectivity index (χ0n) is 9.12. The van der Waals surface area contributed by atoms with E-state index in [1.807, 2.05) is 18.2 Å². The summed E-state index contributed by atoms with van der Waals surface area (Å²) < 4.78 is 0. The average Bonchev–Trinajstić information content (AvgIpc) is 2.62. The van der Waals surface area contributed by atoms with Crippen LogP contribution in [0.3, 0.4) is 0 Å². The lowest BCUT2D eigenvalue weighted by molar-refractivity contribution is 0.425. The zero-order valence-corrected chi connectivity index (χ0v) is 9.12. The van der Waals surface area contributed by atoms with E-state index in [0.717, 1.165) is 29.8 Å². The Morgan fingerprint density at radius 2 is 2.13 bits per heavy atom. The third kappa shape index (κ3) is 2.27. The quantitative estimate of drug-likeness (QED) is 0.794. The second-order valence-electron chi connectivity index (χ2n) is 3.85. The van der Waals surface area contributed by atoms with Gasteiger partial charge >= 0.3 is 0 Å². The lowest BCUT2D eigenvalue weighted by Gasteiger charge is -2.09. The van der Waals surface area contributed by atoms with Gasteiger partial charge in [0.15, 0.2) is 5.82 Å². The molecule has 0 bridgehead atoms. The van der Waals surface area contributed by atoms with Crippen molar-refractivity contribution in [2.24, 2.45) is 0 Å². The Balaban J connectivity index is 2.08. The maximum absolute atomic E-state index is 4.24. The van der Waals surface area contributed by atoms with Gasteiger partial charge in [-0.05, 0) is 26.2 Å². The number of anilines is 1. The van der Waals surface area contributed by atoms with E-state index in [0.29, 0.717) is 0 Å². The maximum Gasteiger partial charge on any atom is 0.155 e. The van der Waals surface area contributed by atoms with Gasteiger partial charge in [-0.25, -0.2) is 0 Å². The van der Waals surface area contributed by atoms with Crippen molar-refractivity contribution in [1.82, 2.24) is 15.1 Å². The summed E-state index contributed by atoms with van der Waals surface area (Å²) >= 11 is 0. The van der Waals surface area contributed by atoms with Crippen LogP contribution in [0.25, 0.3) is 10.9 Å². The van der Waals surface area contributed by atoms with Crippen LogP contribution in [0.2, 0.25) is 0 Å². The highest BCUT2D eigenvalue weighted by molar-refractivity contribution is 5.89. The van der Waals surface area contributed by atoms with Crippen molar-refractivity contribution in [2.75, 3.05) is 32.5 Å². The van der Waals surface area contributed by atoms with Gasteiger partial charge < -0.3 is 10.2 Å². The number of likely N-dealkylation sites (N-methyl/N-ethyl adjacent to an activating group) is 1. The summed E-state index contributed by atoms with van der Waals surface area (Å²) in [6.07, 6.45) is 0. The van der Waals surface area contributed by atoms with Gasteiger partial charge in [-0.15, -0.1) is 0 Å². The normalized spacial score (nSPS) is 11.1. The standard InChI is InChI=1S/C11H16N4/c1-15(2)8-7-12-11-9-5-3-4-6-10(9)13-14-11/h3-6H,7-8H2,1-2H3,(H2,12,13,14). The highest BCUT2D eigenvalue weighted by Gasteiger charge is 2.02. The Morgan fingerprint density at radius 3 is 2.93 bits per heavy atom. The van der Waals surface area contributed by atoms with E-state index >= 15 is 0 Å². The van der Waals surface area contributed by atoms with Gasteiger partial charge in [-0.2, -0.15) is 5.10 Å². The van der Waals surface area contributed by atoms with Crippen molar-refractivity contribution in [3.8, 4) is 0 Å². The highest BCUT2D eigenvalue weighted by atomic mass is 15.2. The summed E-state index contributed by atoms with van der Waals surface area (Å²) in [5.74, 6) is 0.937. The summed E-state index contributed by atoms with van der Waals surface area (Å²) in [4.78, 5) is 2.14. The Bertz CT molecular complexity index is 433. The lowest BCUT2D eigenvalue weighted by Crippen LogP contribution is -2.20. The molecule has 0 unspecified atom stereocenters. The third-order valence-electron chi connectivity index (χ3n) is 2.32. The molecule has 0 saturated heterocycles. The molecule has 0 spiro atoms. The molecule has 1 aromatic heterocycles. The number of fused-ring (bicyclic) bond motifs is 1. The van der Waals surface area contributed by atoms with Gasteiger partial charge in [0.05, 0.1) is 5.52 Å². The molecular weight excluding hydrogens is 188 g/mol. The van der Waals surface area contributed by atoms with Gasteiger partial charge in [0.1, 0.15) is 0 Å². The Hall–Kier alpha value is -1.55. The molecule has 1 aromatic carbocycles. The molecule has 0 saturated carbocycles. The first-order valence-corrected chi connectivity index (χ1v) is 5.09. The topological polar surface area (TPSA) is 44.0 Å². The van der Waals surface area contributed by atoms with E-state index in [9.17, 15) is 0 Å². The predicted octanol–water partition coefficient (Wildman–Crippen LogP) is 1.54. The number of hydrogen-bond donors (Lipinski definition) is 2. The minimum atomic E-state index is 0.905. The van der Waals surface area contributed by atoms with Crippen molar-refractivity contribution in [3.63, 3.8) is 0 Å². The summed E-state index contributed by atoms with van der Waals surface area (Å²) in [6, 6.07) is 8.12. The number of aromatic amines is 1. The van der Waals surface area contributed by atoms with Crippen LogP contribution in [0.15, 0.2) is 24.3 Å². The van der Waals surface area contributed by atoms with E-state index < -0.39 is 0 Å². The number of benzene rings is 1. The number of para-hydroxylation sites is 1. The summed E-state index contributed by atoms with van der Waals surface area (Å²) in [5.41, 5.74) is 1.07.